The average molecular weight is 483 g/mol. The molecule has 0 saturated carbocycles. The zero-order valence-corrected chi connectivity index (χ0v) is 18.8. The quantitative estimate of drug-likeness (QED) is 0.446. The normalized spacial score (nSPS) is 11.3. The van der Waals surface area contributed by atoms with Gasteiger partial charge in [-0.15, -0.1) is 0 Å². The van der Waals surface area contributed by atoms with Crippen molar-refractivity contribution in [2.24, 2.45) is 0 Å². The van der Waals surface area contributed by atoms with E-state index < -0.39 is 11.8 Å². The topological polar surface area (TPSA) is 80.6 Å². The number of hydrogen-bond donors (Lipinski definition) is 2. The third kappa shape index (κ3) is 6.86. The first-order valence-electron chi connectivity index (χ1n) is 9.78. The second kappa shape index (κ2) is 10.6. The van der Waals surface area contributed by atoms with Crippen LogP contribution in [0.2, 0.25) is 0 Å². The van der Waals surface area contributed by atoms with Gasteiger partial charge in [0.05, 0.1) is 6.10 Å². The lowest BCUT2D eigenvalue weighted by molar-refractivity contribution is -0.117. The molecule has 0 bridgehead atoms. The molecule has 0 aliphatic rings. The van der Waals surface area contributed by atoms with E-state index in [-0.39, 0.29) is 17.6 Å². The Labute approximate surface area is 189 Å². The fourth-order valence-corrected chi connectivity index (χ4v) is 3.04. The molecule has 1 aromatic heterocycles. The van der Waals surface area contributed by atoms with Crippen molar-refractivity contribution >= 4 is 33.8 Å². The molecule has 0 aliphatic heterocycles. The van der Waals surface area contributed by atoms with Crippen molar-refractivity contribution in [2.45, 2.75) is 26.5 Å². The van der Waals surface area contributed by atoms with Crippen LogP contribution in [0.1, 0.15) is 35.5 Å². The van der Waals surface area contributed by atoms with E-state index in [0.717, 1.165) is 16.9 Å². The van der Waals surface area contributed by atoms with E-state index in [9.17, 15) is 9.59 Å². The molecule has 7 heteroatoms. The summed E-state index contributed by atoms with van der Waals surface area (Å²) in [6.45, 7) is 4.23. The Morgan fingerprint density at radius 3 is 2.35 bits per heavy atom. The molecule has 0 saturated heterocycles. The maximum atomic E-state index is 12.8. The minimum absolute atomic E-state index is 0.0626. The molecule has 0 aliphatic carbocycles. The number of carbonyl (C=O) groups excluding carboxylic acids is 2. The van der Waals surface area contributed by atoms with Gasteiger partial charge in [0.1, 0.15) is 11.4 Å². The lowest BCUT2D eigenvalue weighted by Gasteiger charge is -2.12. The van der Waals surface area contributed by atoms with E-state index in [0.29, 0.717) is 11.2 Å². The molecule has 0 radical (unpaired) electrons. The molecule has 2 N–H and O–H groups in total. The molecular formula is C24H23BrN2O4. The highest BCUT2D eigenvalue weighted by atomic mass is 79.9. The molecule has 3 aromatic rings. The van der Waals surface area contributed by atoms with Crippen LogP contribution in [0, 0.1) is 0 Å². The molecule has 2 amide bonds. The summed E-state index contributed by atoms with van der Waals surface area (Å²) in [6.07, 6.45) is 1.67. The average Bonchev–Trinajstić information content (AvgIpc) is 3.19. The minimum atomic E-state index is -0.522. The summed E-state index contributed by atoms with van der Waals surface area (Å²) in [6, 6.07) is 19.9. The van der Waals surface area contributed by atoms with E-state index in [2.05, 4.69) is 26.6 Å². The van der Waals surface area contributed by atoms with Gasteiger partial charge in [-0.25, -0.2) is 0 Å². The molecule has 160 valence electrons. The van der Waals surface area contributed by atoms with Crippen molar-refractivity contribution in [1.29, 1.82) is 0 Å². The first-order chi connectivity index (χ1) is 14.9. The van der Waals surface area contributed by atoms with Gasteiger partial charge in [0, 0.05) is 6.54 Å². The monoisotopic (exact) mass is 482 g/mol. The van der Waals surface area contributed by atoms with Crippen molar-refractivity contribution in [3.63, 3.8) is 0 Å². The van der Waals surface area contributed by atoms with Crippen molar-refractivity contribution in [3.05, 3.63) is 94.0 Å². The van der Waals surface area contributed by atoms with Gasteiger partial charge in [0.2, 0.25) is 0 Å². The van der Waals surface area contributed by atoms with E-state index in [1.165, 1.54) is 6.07 Å². The number of ether oxygens (including phenoxy) is 1. The summed E-state index contributed by atoms with van der Waals surface area (Å²) in [7, 11) is 0. The van der Waals surface area contributed by atoms with Crippen molar-refractivity contribution in [3.8, 4) is 5.75 Å². The molecule has 0 spiro atoms. The van der Waals surface area contributed by atoms with Crippen molar-refractivity contribution < 1.29 is 18.7 Å². The van der Waals surface area contributed by atoms with Gasteiger partial charge in [-0.2, -0.15) is 0 Å². The number of halogens is 1. The minimum Gasteiger partial charge on any atom is -0.491 e. The third-order valence-corrected chi connectivity index (χ3v) is 4.57. The number of nitrogens with one attached hydrogen (secondary N) is 2. The Balaban J connectivity index is 1.79. The third-order valence-electron chi connectivity index (χ3n) is 4.15. The van der Waals surface area contributed by atoms with E-state index in [4.69, 9.17) is 9.15 Å². The fraction of sp³-hybridized carbons (Fsp3) is 0.167. The highest BCUT2D eigenvalue weighted by molar-refractivity contribution is 9.10. The van der Waals surface area contributed by atoms with Crippen molar-refractivity contribution in [2.75, 3.05) is 0 Å². The highest BCUT2D eigenvalue weighted by Gasteiger charge is 2.17. The second-order valence-electron chi connectivity index (χ2n) is 7.02. The molecule has 31 heavy (non-hydrogen) atoms. The number of rotatable bonds is 8. The number of hydrogen-bond acceptors (Lipinski definition) is 4. The molecule has 1 heterocycles. The lowest BCUT2D eigenvalue weighted by atomic mass is 10.1. The zero-order valence-electron chi connectivity index (χ0n) is 17.2. The van der Waals surface area contributed by atoms with Crippen LogP contribution < -0.4 is 15.4 Å². The molecule has 0 fully saturated rings. The van der Waals surface area contributed by atoms with Crippen LogP contribution in [0.25, 0.3) is 6.08 Å². The van der Waals surface area contributed by atoms with Crippen LogP contribution in [0.3, 0.4) is 0 Å². The molecule has 3 rings (SSSR count). The van der Waals surface area contributed by atoms with Gasteiger partial charge < -0.3 is 19.8 Å². The van der Waals surface area contributed by atoms with Crippen LogP contribution >= 0.6 is 15.9 Å². The fourth-order valence-electron chi connectivity index (χ4n) is 2.73. The van der Waals surface area contributed by atoms with Crippen LogP contribution in [-0.2, 0) is 11.3 Å². The van der Waals surface area contributed by atoms with Crippen LogP contribution in [0.5, 0.6) is 5.75 Å². The summed E-state index contributed by atoms with van der Waals surface area (Å²) in [5.41, 5.74) is 1.79. The molecule has 0 unspecified atom stereocenters. The number of furan rings is 1. The summed E-state index contributed by atoms with van der Waals surface area (Å²) < 4.78 is 11.4. The molecule has 6 nitrogen and oxygen atoms in total. The van der Waals surface area contributed by atoms with Crippen LogP contribution in [0.4, 0.5) is 0 Å². The van der Waals surface area contributed by atoms with Crippen molar-refractivity contribution in [1.82, 2.24) is 10.6 Å². The van der Waals surface area contributed by atoms with Gasteiger partial charge in [-0.05, 0) is 71.2 Å². The standard InChI is InChI=1S/C24H23BrN2O4/c1-16(2)30-19-10-8-17(9-11-19)14-20(27-24(29)21-12-13-22(25)31-21)23(28)26-15-18-6-4-3-5-7-18/h3-14,16H,15H2,1-2H3,(H,26,28)(H,27,29). The molecule has 0 atom stereocenters. The number of benzene rings is 2. The van der Waals surface area contributed by atoms with Gasteiger partial charge >= 0.3 is 0 Å². The van der Waals surface area contributed by atoms with E-state index in [1.54, 1.807) is 12.1 Å². The Morgan fingerprint density at radius 2 is 1.74 bits per heavy atom. The summed E-state index contributed by atoms with van der Waals surface area (Å²) in [5.74, 6) is -0.113. The number of amides is 2. The lowest BCUT2D eigenvalue weighted by Crippen LogP contribution is -2.34. The predicted molar refractivity (Wildman–Crippen MR) is 122 cm³/mol. The largest absolute Gasteiger partial charge is 0.491 e. The Morgan fingerprint density at radius 1 is 1.03 bits per heavy atom. The first kappa shape index (κ1) is 22.4. The second-order valence-corrected chi connectivity index (χ2v) is 7.80. The van der Waals surface area contributed by atoms with Crippen LogP contribution in [-0.4, -0.2) is 17.9 Å². The molecule has 2 aromatic carbocycles. The Hall–Kier alpha value is -3.32. The van der Waals surface area contributed by atoms with Gasteiger partial charge in [0.15, 0.2) is 10.4 Å². The Kier molecular flexibility index (Phi) is 7.67. The van der Waals surface area contributed by atoms with Gasteiger partial charge in [-0.1, -0.05) is 42.5 Å². The van der Waals surface area contributed by atoms with E-state index >= 15 is 0 Å². The number of carbonyl (C=O) groups is 2. The van der Waals surface area contributed by atoms with Crippen LogP contribution in [0.15, 0.2) is 81.5 Å². The highest BCUT2D eigenvalue weighted by Crippen LogP contribution is 2.17. The summed E-state index contributed by atoms with van der Waals surface area (Å²) in [4.78, 5) is 25.4. The predicted octanol–water partition coefficient (Wildman–Crippen LogP) is 4.92. The first-order valence-corrected chi connectivity index (χ1v) is 10.6. The molecular weight excluding hydrogens is 460 g/mol. The van der Waals surface area contributed by atoms with Gasteiger partial charge in [-0.3, -0.25) is 9.59 Å². The van der Waals surface area contributed by atoms with Gasteiger partial charge in [0.25, 0.3) is 11.8 Å². The SMILES string of the molecule is CC(C)Oc1ccc(C=C(NC(=O)c2ccc(Br)o2)C(=O)NCc2ccccc2)cc1. The maximum Gasteiger partial charge on any atom is 0.291 e. The smallest absolute Gasteiger partial charge is 0.291 e. The summed E-state index contributed by atoms with van der Waals surface area (Å²) in [5, 5.41) is 5.47. The maximum absolute atomic E-state index is 12.8. The Bertz CT molecular complexity index is 1060. The van der Waals surface area contributed by atoms with E-state index in [1.807, 2.05) is 68.4 Å². The summed E-state index contributed by atoms with van der Waals surface area (Å²) >= 11 is 3.17. The zero-order chi connectivity index (χ0) is 22.2.